The van der Waals surface area contributed by atoms with Crippen LogP contribution in [0, 0.1) is 0 Å². The Morgan fingerprint density at radius 1 is 1.00 bits per heavy atom. The summed E-state index contributed by atoms with van der Waals surface area (Å²) in [5.74, 6) is -0.0552. The minimum atomic E-state index is -3.45. The lowest BCUT2D eigenvalue weighted by molar-refractivity contribution is 0.101. The number of benzene rings is 1. The van der Waals surface area contributed by atoms with Crippen LogP contribution in [0.15, 0.2) is 29.2 Å². The highest BCUT2D eigenvalue weighted by molar-refractivity contribution is 7.89. The number of ketones is 1. The molecular weight excluding hydrogens is 312 g/mol. The molecule has 6 heteroatoms. The van der Waals surface area contributed by atoms with E-state index in [1.807, 2.05) is 0 Å². The molecule has 2 aliphatic rings. The van der Waals surface area contributed by atoms with Crippen LogP contribution in [0.5, 0.6) is 0 Å². The lowest BCUT2D eigenvalue weighted by Crippen LogP contribution is -2.45. The van der Waals surface area contributed by atoms with E-state index in [1.54, 1.807) is 28.6 Å². The predicted octanol–water partition coefficient (Wildman–Crippen LogP) is 2.14. The normalized spacial score (nSPS) is 21.6. The van der Waals surface area contributed by atoms with Crippen molar-refractivity contribution < 1.29 is 13.2 Å². The Labute approximate surface area is 138 Å². The van der Waals surface area contributed by atoms with Crippen molar-refractivity contribution in [1.29, 1.82) is 0 Å². The SMILES string of the molecule is CC(=O)c1ccc(S(=O)(=O)N2CCC(N3CCCC3)CC2)cc1. The Kier molecular flexibility index (Phi) is 4.85. The maximum atomic E-state index is 12.7. The minimum absolute atomic E-state index is 0.0552. The quantitative estimate of drug-likeness (QED) is 0.791. The molecule has 5 nitrogen and oxygen atoms in total. The molecule has 0 N–H and O–H groups in total. The number of likely N-dealkylation sites (tertiary alicyclic amines) is 1. The molecule has 1 aromatic carbocycles. The minimum Gasteiger partial charge on any atom is -0.300 e. The van der Waals surface area contributed by atoms with Crippen molar-refractivity contribution in [3.63, 3.8) is 0 Å². The number of hydrogen-bond acceptors (Lipinski definition) is 4. The van der Waals surface area contributed by atoms with Gasteiger partial charge in [0.05, 0.1) is 4.90 Å². The number of nitrogens with zero attached hydrogens (tertiary/aromatic N) is 2. The first-order chi connectivity index (χ1) is 11.0. The third-order valence-electron chi connectivity index (χ3n) is 4.98. The summed E-state index contributed by atoms with van der Waals surface area (Å²) < 4.78 is 27.0. The van der Waals surface area contributed by atoms with Gasteiger partial charge in [-0.15, -0.1) is 0 Å². The first-order valence-electron chi connectivity index (χ1n) is 8.34. The summed E-state index contributed by atoms with van der Waals surface area (Å²) in [7, 11) is -3.45. The highest BCUT2D eigenvalue weighted by atomic mass is 32.2. The van der Waals surface area contributed by atoms with Gasteiger partial charge in [-0.1, -0.05) is 12.1 Å². The summed E-state index contributed by atoms with van der Waals surface area (Å²) in [4.78, 5) is 14.1. The standard InChI is InChI=1S/C17H24N2O3S/c1-14(20)15-4-6-17(7-5-15)23(21,22)19-12-8-16(9-13-19)18-10-2-3-11-18/h4-7,16H,2-3,8-13H2,1H3. The van der Waals surface area contributed by atoms with Crippen molar-refractivity contribution in [3.05, 3.63) is 29.8 Å². The lowest BCUT2D eigenvalue weighted by Gasteiger charge is -2.36. The van der Waals surface area contributed by atoms with Gasteiger partial charge in [0.1, 0.15) is 0 Å². The van der Waals surface area contributed by atoms with Crippen molar-refractivity contribution in [2.24, 2.45) is 0 Å². The molecule has 0 aromatic heterocycles. The summed E-state index contributed by atoms with van der Waals surface area (Å²) in [6, 6.07) is 6.79. The Morgan fingerprint density at radius 2 is 1.57 bits per heavy atom. The largest absolute Gasteiger partial charge is 0.300 e. The highest BCUT2D eigenvalue weighted by Crippen LogP contribution is 2.25. The Bertz CT molecular complexity index is 656. The van der Waals surface area contributed by atoms with Gasteiger partial charge in [0.25, 0.3) is 0 Å². The van der Waals surface area contributed by atoms with Gasteiger partial charge in [-0.25, -0.2) is 8.42 Å². The number of piperidine rings is 1. The lowest BCUT2D eigenvalue weighted by atomic mass is 10.1. The zero-order valence-corrected chi connectivity index (χ0v) is 14.4. The van der Waals surface area contributed by atoms with E-state index in [4.69, 9.17) is 0 Å². The second kappa shape index (κ2) is 6.71. The smallest absolute Gasteiger partial charge is 0.243 e. The monoisotopic (exact) mass is 336 g/mol. The van der Waals surface area contributed by atoms with Crippen LogP contribution in [0.2, 0.25) is 0 Å². The molecule has 1 aromatic rings. The second-order valence-electron chi connectivity index (χ2n) is 6.46. The number of sulfonamides is 1. The summed E-state index contributed by atoms with van der Waals surface area (Å²) in [6.45, 7) is 4.95. The van der Waals surface area contributed by atoms with Gasteiger partial charge in [-0.3, -0.25) is 4.79 Å². The molecule has 0 aliphatic carbocycles. The van der Waals surface area contributed by atoms with Crippen molar-refractivity contribution in [2.45, 2.75) is 43.5 Å². The second-order valence-corrected chi connectivity index (χ2v) is 8.40. The average molecular weight is 336 g/mol. The fraction of sp³-hybridized carbons (Fsp3) is 0.588. The third kappa shape index (κ3) is 3.49. The fourth-order valence-corrected chi connectivity index (χ4v) is 5.03. The number of rotatable bonds is 4. The summed E-state index contributed by atoms with van der Waals surface area (Å²) in [5, 5.41) is 0. The molecule has 0 saturated carbocycles. The molecule has 0 amide bonds. The molecule has 0 unspecified atom stereocenters. The maximum absolute atomic E-state index is 12.7. The van der Waals surface area contributed by atoms with Crippen LogP contribution < -0.4 is 0 Å². The van der Waals surface area contributed by atoms with Crippen LogP contribution in [0.1, 0.15) is 43.0 Å². The van der Waals surface area contributed by atoms with Crippen LogP contribution in [0.4, 0.5) is 0 Å². The zero-order valence-electron chi connectivity index (χ0n) is 13.6. The number of Topliss-reactive ketones (excluding diaryl/α,β-unsaturated/α-hetero) is 1. The van der Waals surface area contributed by atoms with E-state index in [2.05, 4.69) is 4.90 Å². The zero-order chi connectivity index (χ0) is 16.4. The summed E-state index contributed by atoms with van der Waals surface area (Å²) in [5.41, 5.74) is 0.539. The number of carbonyl (C=O) groups is 1. The van der Waals surface area contributed by atoms with Crippen LogP contribution >= 0.6 is 0 Å². The van der Waals surface area contributed by atoms with Gasteiger partial charge >= 0.3 is 0 Å². The van der Waals surface area contributed by atoms with E-state index in [9.17, 15) is 13.2 Å². The van der Waals surface area contributed by atoms with E-state index in [0.717, 1.165) is 25.9 Å². The van der Waals surface area contributed by atoms with Gasteiger partial charge in [-0.05, 0) is 57.8 Å². The molecule has 2 fully saturated rings. The molecule has 0 bridgehead atoms. The van der Waals surface area contributed by atoms with E-state index in [-0.39, 0.29) is 10.7 Å². The van der Waals surface area contributed by atoms with Crippen LogP contribution in [0.3, 0.4) is 0 Å². The van der Waals surface area contributed by atoms with Crippen molar-refractivity contribution >= 4 is 15.8 Å². The van der Waals surface area contributed by atoms with Crippen LogP contribution in [-0.2, 0) is 10.0 Å². The van der Waals surface area contributed by atoms with Crippen molar-refractivity contribution in [1.82, 2.24) is 9.21 Å². The summed E-state index contributed by atoms with van der Waals surface area (Å²) in [6.07, 6.45) is 4.34. The van der Waals surface area contributed by atoms with E-state index < -0.39 is 10.0 Å². The predicted molar refractivity (Wildman–Crippen MR) is 89.0 cm³/mol. The number of carbonyl (C=O) groups excluding carboxylic acids is 1. The van der Waals surface area contributed by atoms with Crippen molar-refractivity contribution in [2.75, 3.05) is 26.2 Å². The first kappa shape index (κ1) is 16.6. The highest BCUT2D eigenvalue weighted by Gasteiger charge is 2.32. The van der Waals surface area contributed by atoms with E-state index >= 15 is 0 Å². The Hall–Kier alpha value is -1.24. The van der Waals surface area contributed by atoms with Crippen LogP contribution in [0.25, 0.3) is 0 Å². The Morgan fingerprint density at radius 3 is 2.09 bits per heavy atom. The molecule has 2 saturated heterocycles. The van der Waals surface area contributed by atoms with Gasteiger partial charge in [0.15, 0.2) is 5.78 Å². The molecule has 23 heavy (non-hydrogen) atoms. The molecule has 2 heterocycles. The maximum Gasteiger partial charge on any atom is 0.243 e. The molecule has 0 radical (unpaired) electrons. The molecule has 0 atom stereocenters. The van der Waals surface area contributed by atoms with Gasteiger partial charge in [-0.2, -0.15) is 4.31 Å². The Balaban J connectivity index is 1.67. The van der Waals surface area contributed by atoms with Gasteiger partial charge in [0, 0.05) is 24.7 Å². The average Bonchev–Trinajstić information content (AvgIpc) is 3.09. The third-order valence-corrected chi connectivity index (χ3v) is 6.89. The topological polar surface area (TPSA) is 57.7 Å². The van der Waals surface area contributed by atoms with Gasteiger partial charge in [0.2, 0.25) is 10.0 Å². The van der Waals surface area contributed by atoms with E-state index in [1.165, 1.54) is 19.8 Å². The van der Waals surface area contributed by atoms with E-state index in [0.29, 0.717) is 24.7 Å². The fourth-order valence-electron chi connectivity index (χ4n) is 3.57. The molecule has 3 rings (SSSR count). The van der Waals surface area contributed by atoms with Gasteiger partial charge < -0.3 is 4.90 Å². The van der Waals surface area contributed by atoms with Crippen LogP contribution in [-0.4, -0.2) is 55.6 Å². The van der Waals surface area contributed by atoms with Crippen molar-refractivity contribution in [3.8, 4) is 0 Å². The molecular formula is C17H24N2O3S. The first-order valence-corrected chi connectivity index (χ1v) is 9.78. The molecule has 126 valence electrons. The molecule has 0 spiro atoms. The number of hydrogen-bond donors (Lipinski definition) is 0. The molecule has 2 aliphatic heterocycles. The summed E-state index contributed by atoms with van der Waals surface area (Å²) >= 11 is 0.